The van der Waals surface area contributed by atoms with Gasteiger partial charge in [0.15, 0.2) is 5.65 Å². The maximum atomic E-state index is 4.27. The molecule has 0 radical (unpaired) electrons. The molecule has 0 unspecified atom stereocenters. The number of H-pyrrole nitrogens is 1. The summed E-state index contributed by atoms with van der Waals surface area (Å²) in [5.74, 6) is 6.36. The molecule has 1 N–H and O–H groups in total. The number of nitrogens with one attached hydrogen (secondary N) is 1. The number of benzene rings is 1. The van der Waals surface area contributed by atoms with E-state index >= 15 is 0 Å². The zero-order valence-corrected chi connectivity index (χ0v) is 10.9. The first kappa shape index (κ1) is 11.5. The lowest BCUT2D eigenvalue weighted by Crippen LogP contribution is -1.84. The van der Waals surface area contributed by atoms with Crippen molar-refractivity contribution in [3.63, 3.8) is 0 Å². The number of aromatic nitrogens is 3. The topological polar surface area (TPSA) is 41.6 Å². The van der Waals surface area contributed by atoms with Gasteiger partial charge in [-0.1, -0.05) is 24.0 Å². The maximum absolute atomic E-state index is 4.27. The highest BCUT2D eigenvalue weighted by atomic mass is 15.1. The van der Waals surface area contributed by atoms with Gasteiger partial charge in [-0.05, 0) is 37.1 Å². The zero-order chi connectivity index (χ0) is 13.2. The van der Waals surface area contributed by atoms with Crippen molar-refractivity contribution in [3.8, 4) is 11.8 Å². The molecule has 3 nitrogen and oxygen atoms in total. The van der Waals surface area contributed by atoms with Crippen LogP contribution in [0.2, 0.25) is 0 Å². The van der Waals surface area contributed by atoms with Crippen LogP contribution in [-0.2, 0) is 0 Å². The Morgan fingerprint density at radius 1 is 1.05 bits per heavy atom. The van der Waals surface area contributed by atoms with Crippen molar-refractivity contribution in [1.82, 2.24) is 15.2 Å². The van der Waals surface area contributed by atoms with Crippen LogP contribution in [0.1, 0.15) is 22.3 Å². The van der Waals surface area contributed by atoms with Crippen molar-refractivity contribution in [2.45, 2.75) is 13.8 Å². The lowest BCUT2D eigenvalue weighted by Gasteiger charge is -1.99. The van der Waals surface area contributed by atoms with Crippen LogP contribution in [0.3, 0.4) is 0 Å². The molecule has 2 aromatic heterocycles. The largest absolute Gasteiger partial charge is 0.261 e. The van der Waals surface area contributed by atoms with Gasteiger partial charge in [-0.3, -0.25) is 5.10 Å². The smallest absolute Gasteiger partial charge is 0.155 e. The summed E-state index contributed by atoms with van der Waals surface area (Å²) >= 11 is 0. The van der Waals surface area contributed by atoms with Gasteiger partial charge < -0.3 is 0 Å². The van der Waals surface area contributed by atoms with E-state index in [1.54, 1.807) is 12.4 Å². The molecule has 2 heterocycles. The Morgan fingerprint density at radius 3 is 2.84 bits per heavy atom. The van der Waals surface area contributed by atoms with Crippen molar-refractivity contribution >= 4 is 11.0 Å². The highest BCUT2D eigenvalue weighted by Crippen LogP contribution is 2.11. The minimum atomic E-state index is 0.789. The van der Waals surface area contributed by atoms with Crippen molar-refractivity contribution in [3.05, 3.63) is 58.9 Å². The fourth-order valence-electron chi connectivity index (χ4n) is 1.91. The summed E-state index contributed by atoms with van der Waals surface area (Å²) in [5, 5.41) is 7.76. The van der Waals surface area contributed by atoms with Gasteiger partial charge in [0.1, 0.15) is 0 Å². The number of aromatic amines is 1. The second-order valence-electron chi connectivity index (χ2n) is 4.60. The lowest BCUT2D eigenvalue weighted by molar-refractivity contribution is 1.10. The van der Waals surface area contributed by atoms with Gasteiger partial charge in [0, 0.05) is 22.7 Å². The summed E-state index contributed by atoms with van der Waals surface area (Å²) in [6, 6.07) is 8.28. The average molecular weight is 247 g/mol. The van der Waals surface area contributed by atoms with E-state index in [1.807, 2.05) is 6.07 Å². The molecule has 3 rings (SSSR count). The number of fused-ring (bicyclic) bond motifs is 1. The molecule has 3 heteroatoms. The van der Waals surface area contributed by atoms with Crippen molar-refractivity contribution in [2.24, 2.45) is 0 Å². The first-order valence-electron chi connectivity index (χ1n) is 6.11. The Morgan fingerprint density at radius 2 is 1.95 bits per heavy atom. The molecule has 19 heavy (non-hydrogen) atoms. The van der Waals surface area contributed by atoms with Crippen molar-refractivity contribution in [2.75, 3.05) is 0 Å². The van der Waals surface area contributed by atoms with E-state index < -0.39 is 0 Å². The molecule has 1 aromatic carbocycles. The summed E-state index contributed by atoms with van der Waals surface area (Å²) in [6.07, 6.45) is 3.52. The van der Waals surface area contributed by atoms with E-state index in [0.717, 1.165) is 22.2 Å². The number of hydrogen-bond donors (Lipinski definition) is 1. The van der Waals surface area contributed by atoms with E-state index in [2.05, 4.69) is 59.1 Å². The van der Waals surface area contributed by atoms with Crippen molar-refractivity contribution in [1.29, 1.82) is 0 Å². The third kappa shape index (κ3) is 2.34. The first-order chi connectivity index (χ1) is 9.22. The van der Waals surface area contributed by atoms with Crippen LogP contribution < -0.4 is 0 Å². The molecule has 0 spiro atoms. The highest BCUT2D eigenvalue weighted by molar-refractivity contribution is 5.75. The normalized spacial score (nSPS) is 10.2. The monoisotopic (exact) mass is 247 g/mol. The van der Waals surface area contributed by atoms with Crippen molar-refractivity contribution < 1.29 is 0 Å². The summed E-state index contributed by atoms with van der Waals surface area (Å²) in [5.41, 5.74) is 5.16. The first-order valence-corrected chi connectivity index (χ1v) is 6.11. The quantitative estimate of drug-likeness (QED) is 0.620. The van der Waals surface area contributed by atoms with E-state index in [9.17, 15) is 0 Å². The van der Waals surface area contributed by atoms with Gasteiger partial charge in [0.25, 0.3) is 0 Å². The van der Waals surface area contributed by atoms with Crippen LogP contribution in [0.4, 0.5) is 0 Å². The second kappa shape index (κ2) is 4.58. The van der Waals surface area contributed by atoms with E-state index in [-0.39, 0.29) is 0 Å². The maximum Gasteiger partial charge on any atom is 0.155 e. The van der Waals surface area contributed by atoms with Gasteiger partial charge in [-0.15, -0.1) is 0 Å². The molecule has 0 atom stereocenters. The average Bonchev–Trinajstić information content (AvgIpc) is 2.87. The predicted octanol–water partition coefficient (Wildman–Crippen LogP) is 2.97. The Kier molecular flexibility index (Phi) is 2.77. The number of rotatable bonds is 0. The minimum absolute atomic E-state index is 0.789. The fourth-order valence-corrected chi connectivity index (χ4v) is 1.91. The minimum Gasteiger partial charge on any atom is -0.261 e. The van der Waals surface area contributed by atoms with Crippen LogP contribution in [0, 0.1) is 25.7 Å². The number of pyridine rings is 1. The molecule has 0 saturated heterocycles. The summed E-state index contributed by atoms with van der Waals surface area (Å²) < 4.78 is 0. The fraction of sp³-hybridized carbons (Fsp3) is 0.125. The molecule has 0 amide bonds. The third-order valence-electron chi connectivity index (χ3n) is 3.03. The van der Waals surface area contributed by atoms with Gasteiger partial charge in [-0.2, -0.15) is 5.10 Å². The Hall–Kier alpha value is -2.60. The highest BCUT2D eigenvalue weighted by Gasteiger charge is 1.98. The molecule has 0 bridgehead atoms. The summed E-state index contributed by atoms with van der Waals surface area (Å²) in [4.78, 5) is 4.27. The van der Waals surface area contributed by atoms with Gasteiger partial charge in [0.05, 0.1) is 6.20 Å². The molecule has 0 fully saturated rings. The van der Waals surface area contributed by atoms with Crippen LogP contribution in [-0.4, -0.2) is 15.2 Å². The number of hydrogen-bond acceptors (Lipinski definition) is 2. The van der Waals surface area contributed by atoms with Crippen LogP contribution in [0.15, 0.2) is 36.7 Å². The molecule has 0 saturated carbocycles. The lowest BCUT2D eigenvalue weighted by atomic mass is 10.1. The van der Waals surface area contributed by atoms with Crippen LogP contribution in [0.25, 0.3) is 11.0 Å². The molecule has 0 aliphatic heterocycles. The summed E-state index contributed by atoms with van der Waals surface area (Å²) in [6.45, 7) is 4.14. The number of aryl methyl sites for hydroxylation is 2. The second-order valence-corrected chi connectivity index (χ2v) is 4.60. The Bertz CT molecular complexity index is 803. The molecule has 92 valence electrons. The number of nitrogens with zero attached hydrogens (tertiary/aromatic N) is 2. The van der Waals surface area contributed by atoms with E-state index in [0.29, 0.717) is 0 Å². The molecular formula is C16H13N3. The Labute approximate surface area is 111 Å². The standard InChI is InChI=1S/C16H13N3/c1-11-3-4-12(2)14(7-11)6-5-13-8-15-10-18-19-16(15)17-9-13/h3-4,7-10H,1-2H3,(H,17,18,19). The molecule has 0 aliphatic carbocycles. The molecule has 3 aromatic rings. The third-order valence-corrected chi connectivity index (χ3v) is 3.03. The van der Waals surface area contributed by atoms with Gasteiger partial charge in [-0.25, -0.2) is 4.98 Å². The van der Waals surface area contributed by atoms with Crippen LogP contribution in [0.5, 0.6) is 0 Å². The van der Waals surface area contributed by atoms with Gasteiger partial charge >= 0.3 is 0 Å². The molecular weight excluding hydrogens is 234 g/mol. The van der Waals surface area contributed by atoms with Crippen LogP contribution >= 0.6 is 0 Å². The SMILES string of the molecule is Cc1ccc(C)c(C#Cc2cnc3[nH]ncc3c2)c1. The molecule has 0 aliphatic rings. The summed E-state index contributed by atoms with van der Waals surface area (Å²) in [7, 11) is 0. The zero-order valence-electron chi connectivity index (χ0n) is 10.9. The Balaban J connectivity index is 2.00. The van der Waals surface area contributed by atoms with Gasteiger partial charge in [0.2, 0.25) is 0 Å². The van der Waals surface area contributed by atoms with E-state index in [1.165, 1.54) is 11.1 Å². The van der Waals surface area contributed by atoms with E-state index in [4.69, 9.17) is 0 Å². The predicted molar refractivity (Wildman–Crippen MR) is 75.8 cm³/mol.